The number of aromatic nitrogens is 3. The Hall–Kier alpha value is -2.91. The van der Waals surface area contributed by atoms with Gasteiger partial charge in [-0.3, -0.25) is 9.59 Å². The first-order valence-electron chi connectivity index (χ1n) is 10.4. The summed E-state index contributed by atoms with van der Waals surface area (Å²) in [6.07, 6.45) is 1.73. The van der Waals surface area contributed by atoms with E-state index in [9.17, 15) is 9.59 Å². The standard InChI is InChI=1S/C24H26BrN5O2S/c1-5-10-30-21(13-26-23(32)18-9-7-6-8-15(18)2)28-29-24(30)33-14-22(31)27-20-12-17(4)16(3)11-19(20)25/h5-9,11-12H,1,10,13-14H2,2-4H3,(H,26,32)(H,27,31). The summed E-state index contributed by atoms with van der Waals surface area (Å²) in [5, 5.41) is 14.8. The van der Waals surface area contributed by atoms with E-state index in [4.69, 9.17) is 0 Å². The fraction of sp³-hybridized carbons (Fsp3) is 0.250. The summed E-state index contributed by atoms with van der Waals surface area (Å²) in [5.41, 5.74) is 4.50. The van der Waals surface area contributed by atoms with Crippen LogP contribution in [0.15, 0.2) is 58.7 Å². The van der Waals surface area contributed by atoms with E-state index in [-0.39, 0.29) is 24.1 Å². The molecule has 2 aromatic carbocycles. The Balaban J connectivity index is 1.64. The Bertz CT molecular complexity index is 1190. The average molecular weight is 528 g/mol. The van der Waals surface area contributed by atoms with Crippen molar-refractivity contribution in [1.82, 2.24) is 20.1 Å². The number of carbonyl (C=O) groups is 2. The number of thioether (sulfide) groups is 1. The third kappa shape index (κ3) is 6.33. The lowest BCUT2D eigenvalue weighted by Gasteiger charge is -2.11. The maximum atomic E-state index is 12.5. The number of nitrogens with one attached hydrogen (secondary N) is 2. The number of rotatable bonds is 9. The number of nitrogens with zero attached hydrogens (tertiary/aromatic N) is 3. The zero-order valence-electron chi connectivity index (χ0n) is 18.8. The van der Waals surface area contributed by atoms with Crippen LogP contribution in [-0.2, 0) is 17.9 Å². The average Bonchev–Trinajstić information content (AvgIpc) is 3.16. The molecule has 0 aliphatic rings. The molecule has 0 fully saturated rings. The van der Waals surface area contributed by atoms with Gasteiger partial charge in [-0.15, -0.1) is 16.8 Å². The van der Waals surface area contributed by atoms with Gasteiger partial charge in [-0.25, -0.2) is 0 Å². The fourth-order valence-electron chi connectivity index (χ4n) is 3.14. The van der Waals surface area contributed by atoms with E-state index in [2.05, 4.69) is 43.3 Å². The van der Waals surface area contributed by atoms with Crippen LogP contribution in [0.2, 0.25) is 0 Å². The van der Waals surface area contributed by atoms with Gasteiger partial charge in [0.2, 0.25) is 5.91 Å². The van der Waals surface area contributed by atoms with Crippen LogP contribution in [0.3, 0.4) is 0 Å². The van der Waals surface area contributed by atoms with Crippen molar-refractivity contribution in [1.29, 1.82) is 0 Å². The molecule has 0 aliphatic carbocycles. The molecule has 2 amide bonds. The molecule has 0 radical (unpaired) electrons. The molecule has 3 rings (SSSR count). The van der Waals surface area contributed by atoms with E-state index in [1.165, 1.54) is 11.8 Å². The van der Waals surface area contributed by atoms with E-state index in [0.717, 1.165) is 26.9 Å². The maximum absolute atomic E-state index is 12.5. The van der Waals surface area contributed by atoms with Crippen LogP contribution in [-0.4, -0.2) is 32.3 Å². The molecule has 0 unspecified atom stereocenters. The lowest BCUT2D eigenvalue weighted by molar-refractivity contribution is -0.113. The van der Waals surface area contributed by atoms with E-state index >= 15 is 0 Å². The highest BCUT2D eigenvalue weighted by Crippen LogP contribution is 2.26. The zero-order chi connectivity index (χ0) is 24.0. The Morgan fingerprint density at radius 1 is 1.12 bits per heavy atom. The van der Waals surface area contributed by atoms with Crippen molar-refractivity contribution in [2.45, 2.75) is 39.0 Å². The summed E-state index contributed by atoms with van der Waals surface area (Å²) in [7, 11) is 0. The minimum absolute atomic E-state index is 0.147. The summed E-state index contributed by atoms with van der Waals surface area (Å²) in [5.74, 6) is 0.446. The molecular weight excluding hydrogens is 502 g/mol. The molecule has 0 atom stereocenters. The van der Waals surface area contributed by atoms with Gasteiger partial charge in [-0.05, 0) is 71.6 Å². The van der Waals surface area contributed by atoms with Crippen molar-refractivity contribution >= 4 is 45.2 Å². The Morgan fingerprint density at radius 2 is 1.85 bits per heavy atom. The highest BCUT2D eigenvalue weighted by Gasteiger charge is 2.16. The van der Waals surface area contributed by atoms with Crippen molar-refractivity contribution in [3.63, 3.8) is 0 Å². The van der Waals surface area contributed by atoms with Gasteiger partial charge in [0, 0.05) is 16.6 Å². The molecule has 0 spiro atoms. The van der Waals surface area contributed by atoms with Crippen molar-refractivity contribution in [3.8, 4) is 0 Å². The second-order valence-corrected chi connectivity index (χ2v) is 9.35. The molecular formula is C24H26BrN5O2S. The quantitative estimate of drug-likeness (QED) is 0.307. The number of hydrogen-bond acceptors (Lipinski definition) is 5. The molecule has 1 heterocycles. The van der Waals surface area contributed by atoms with Crippen molar-refractivity contribution < 1.29 is 9.59 Å². The summed E-state index contributed by atoms with van der Waals surface area (Å²) >= 11 is 4.78. The summed E-state index contributed by atoms with van der Waals surface area (Å²) < 4.78 is 2.68. The van der Waals surface area contributed by atoms with Gasteiger partial charge in [-0.1, -0.05) is 36.0 Å². The lowest BCUT2D eigenvalue weighted by Crippen LogP contribution is -2.25. The molecule has 9 heteroatoms. The van der Waals surface area contributed by atoms with Crippen LogP contribution in [0, 0.1) is 20.8 Å². The minimum atomic E-state index is -0.172. The lowest BCUT2D eigenvalue weighted by atomic mass is 10.1. The molecule has 7 nitrogen and oxygen atoms in total. The number of benzene rings is 2. The van der Waals surface area contributed by atoms with Gasteiger partial charge in [0.05, 0.1) is 18.0 Å². The topological polar surface area (TPSA) is 88.9 Å². The molecule has 172 valence electrons. The molecule has 0 saturated carbocycles. The second kappa shape index (κ2) is 11.3. The Labute approximate surface area is 206 Å². The second-order valence-electron chi connectivity index (χ2n) is 7.55. The van der Waals surface area contributed by atoms with Crippen LogP contribution in [0.25, 0.3) is 0 Å². The highest BCUT2D eigenvalue weighted by atomic mass is 79.9. The van der Waals surface area contributed by atoms with E-state index in [1.54, 1.807) is 12.1 Å². The normalized spacial score (nSPS) is 10.7. The third-order valence-electron chi connectivity index (χ3n) is 5.09. The molecule has 33 heavy (non-hydrogen) atoms. The van der Waals surface area contributed by atoms with Gasteiger partial charge in [-0.2, -0.15) is 0 Å². The first-order chi connectivity index (χ1) is 15.8. The molecule has 0 saturated heterocycles. The number of anilines is 1. The van der Waals surface area contributed by atoms with Gasteiger partial charge in [0.1, 0.15) is 0 Å². The van der Waals surface area contributed by atoms with Gasteiger partial charge < -0.3 is 15.2 Å². The van der Waals surface area contributed by atoms with Crippen molar-refractivity contribution in [2.24, 2.45) is 0 Å². The zero-order valence-corrected chi connectivity index (χ0v) is 21.2. The molecule has 0 bridgehead atoms. The van der Waals surface area contributed by atoms with Crippen LogP contribution in [0.4, 0.5) is 5.69 Å². The van der Waals surface area contributed by atoms with Gasteiger partial charge in [0.25, 0.3) is 5.91 Å². The van der Waals surface area contributed by atoms with E-state index in [0.29, 0.717) is 23.1 Å². The van der Waals surface area contributed by atoms with Crippen molar-refractivity contribution in [3.05, 3.63) is 81.6 Å². The van der Waals surface area contributed by atoms with Crippen LogP contribution in [0.1, 0.15) is 32.9 Å². The monoisotopic (exact) mass is 527 g/mol. The van der Waals surface area contributed by atoms with Crippen LogP contribution < -0.4 is 10.6 Å². The SMILES string of the molecule is C=CCn1c(CNC(=O)c2ccccc2C)nnc1SCC(=O)Nc1cc(C)c(C)cc1Br. The predicted octanol–water partition coefficient (Wildman–Crippen LogP) is 4.81. The molecule has 0 aliphatic heterocycles. The number of halogens is 1. The molecule has 3 aromatic rings. The number of hydrogen-bond donors (Lipinski definition) is 2. The number of aryl methyl sites for hydroxylation is 3. The van der Waals surface area contributed by atoms with Gasteiger partial charge in [0.15, 0.2) is 11.0 Å². The fourth-order valence-corrected chi connectivity index (χ4v) is 4.47. The van der Waals surface area contributed by atoms with E-state index < -0.39 is 0 Å². The van der Waals surface area contributed by atoms with Gasteiger partial charge >= 0.3 is 0 Å². The van der Waals surface area contributed by atoms with Crippen molar-refractivity contribution in [2.75, 3.05) is 11.1 Å². The number of allylic oxidation sites excluding steroid dienone is 1. The first-order valence-corrected chi connectivity index (χ1v) is 12.1. The Kier molecular flexibility index (Phi) is 8.46. The summed E-state index contributed by atoms with van der Waals surface area (Å²) in [4.78, 5) is 25.1. The smallest absolute Gasteiger partial charge is 0.251 e. The van der Waals surface area contributed by atoms with E-state index in [1.807, 2.05) is 55.7 Å². The number of carbonyl (C=O) groups excluding carboxylic acids is 2. The Morgan fingerprint density at radius 3 is 2.58 bits per heavy atom. The summed E-state index contributed by atoms with van der Waals surface area (Å²) in [6, 6.07) is 11.3. The maximum Gasteiger partial charge on any atom is 0.251 e. The molecule has 2 N–H and O–H groups in total. The predicted molar refractivity (Wildman–Crippen MR) is 136 cm³/mol. The highest BCUT2D eigenvalue weighted by molar-refractivity contribution is 9.10. The third-order valence-corrected chi connectivity index (χ3v) is 6.71. The first kappa shape index (κ1) is 24.7. The summed E-state index contributed by atoms with van der Waals surface area (Å²) in [6.45, 7) is 10.4. The number of amides is 2. The van der Waals surface area contributed by atoms with Crippen LogP contribution in [0.5, 0.6) is 0 Å². The minimum Gasteiger partial charge on any atom is -0.345 e. The largest absolute Gasteiger partial charge is 0.345 e. The van der Waals surface area contributed by atoms with Crippen LogP contribution >= 0.6 is 27.7 Å². The molecule has 1 aromatic heterocycles.